The molecule has 1 unspecified atom stereocenters. The standard InChI is InChI=1S/C42H51N11O5/c1-44-39(55)15-12-30(26-54)52-35-6-3-5-34(40(35)49(2)42(52)57)51-19-17-50(18-20-51)25-27-8-10-29(11-9-27)45-23-28-21-32(36(22-33(28)43)58-31-13-14-31)41(56)48-38-24-46-37-7-4-16-47-53(37)38/h3-7,16,21-24,26-27,29-31H,8-15,17-20,25,43H2,1-2H3,(H,44,55)(H,48,56). The van der Waals surface area contributed by atoms with Crippen LogP contribution < -0.4 is 31.7 Å². The first kappa shape index (κ1) is 38.8. The lowest BCUT2D eigenvalue weighted by atomic mass is 9.86. The highest BCUT2D eigenvalue weighted by Crippen LogP contribution is 2.34. The second-order valence-corrected chi connectivity index (χ2v) is 15.7. The van der Waals surface area contributed by atoms with Gasteiger partial charge in [0.1, 0.15) is 12.0 Å². The molecule has 5 aromatic rings. The third-order valence-corrected chi connectivity index (χ3v) is 11.8. The van der Waals surface area contributed by atoms with E-state index in [1.807, 2.05) is 30.5 Å². The van der Waals surface area contributed by atoms with Crippen molar-refractivity contribution in [2.24, 2.45) is 18.0 Å². The second-order valence-electron chi connectivity index (χ2n) is 15.7. The fourth-order valence-corrected chi connectivity index (χ4v) is 8.32. The van der Waals surface area contributed by atoms with Crippen molar-refractivity contribution in [3.8, 4) is 5.75 Å². The molecule has 2 amide bonds. The van der Waals surface area contributed by atoms with E-state index in [-0.39, 0.29) is 42.5 Å². The summed E-state index contributed by atoms with van der Waals surface area (Å²) >= 11 is 0. The predicted molar refractivity (Wildman–Crippen MR) is 223 cm³/mol. The normalized spacial score (nSPS) is 19.4. The van der Waals surface area contributed by atoms with Gasteiger partial charge in [-0.2, -0.15) is 9.61 Å². The molecule has 2 aromatic carbocycles. The van der Waals surface area contributed by atoms with Crippen molar-refractivity contribution in [3.63, 3.8) is 0 Å². The number of aliphatic imine (C=N–C) groups is 1. The van der Waals surface area contributed by atoms with Gasteiger partial charge in [-0.1, -0.05) is 6.07 Å². The molecule has 3 aromatic heterocycles. The monoisotopic (exact) mass is 789 g/mol. The SMILES string of the molecule is CNC(=O)CCC(C=O)n1c(=O)n(C)c2c(N3CCN(CC4CCC(N=Cc5cc(C(=O)Nc6cnc7cccnn67)c(OC6CC6)cc5N)CC4)CC3)cccc21. The van der Waals surface area contributed by atoms with Crippen LogP contribution in [-0.2, 0) is 16.6 Å². The van der Waals surface area contributed by atoms with E-state index >= 15 is 0 Å². The molecule has 16 heteroatoms. The molecule has 4 N–H and O–H groups in total. The van der Waals surface area contributed by atoms with Gasteiger partial charge in [0.05, 0.1) is 40.6 Å². The third kappa shape index (κ3) is 8.19. The number of benzene rings is 2. The van der Waals surface area contributed by atoms with E-state index in [4.69, 9.17) is 15.5 Å². The lowest BCUT2D eigenvalue weighted by molar-refractivity contribution is -0.121. The van der Waals surface area contributed by atoms with Crippen molar-refractivity contribution < 1.29 is 19.1 Å². The highest BCUT2D eigenvalue weighted by Gasteiger charge is 2.29. The number of nitrogens with zero attached hydrogens (tertiary/aromatic N) is 8. The Morgan fingerprint density at radius 1 is 1.05 bits per heavy atom. The average Bonchev–Trinajstić information content (AvgIpc) is 3.92. The van der Waals surface area contributed by atoms with Crippen LogP contribution in [0.15, 0.2) is 64.6 Å². The lowest BCUT2D eigenvalue weighted by Gasteiger charge is -2.39. The van der Waals surface area contributed by atoms with Crippen LogP contribution in [0, 0.1) is 5.92 Å². The molecule has 58 heavy (non-hydrogen) atoms. The molecule has 1 saturated heterocycles. The summed E-state index contributed by atoms with van der Waals surface area (Å²) in [6.07, 6.45) is 12.3. The van der Waals surface area contributed by atoms with Crippen LogP contribution in [0.4, 0.5) is 17.2 Å². The van der Waals surface area contributed by atoms with Crippen molar-refractivity contribution in [2.75, 3.05) is 55.7 Å². The van der Waals surface area contributed by atoms with Gasteiger partial charge < -0.3 is 30.8 Å². The van der Waals surface area contributed by atoms with Gasteiger partial charge in [-0.05, 0) is 81.2 Å². The Morgan fingerprint density at radius 3 is 2.59 bits per heavy atom. The molecule has 0 radical (unpaired) electrons. The van der Waals surface area contributed by atoms with E-state index in [0.29, 0.717) is 45.5 Å². The number of piperazine rings is 1. The van der Waals surface area contributed by atoms with E-state index in [9.17, 15) is 19.2 Å². The van der Waals surface area contributed by atoms with Gasteiger partial charge in [0.25, 0.3) is 5.91 Å². The number of aryl methyl sites for hydroxylation is 1. The number of nitrogens with two attached hydrogens (primary N) is 1. The zero-order chi connectivity index (χ0) is 40.3. The number of hydrogen-bond donors (Lipinski definition) is 3. The molecule has 0 spiro atoms. The van der Waals surface area contributed by atoms with E-state index in [2.05, 4.69) is 30.5 Å². The fraction of sp³-hybridized carbons (Fsp3) is 0.452. The summed E-state index contributed by atoms with van der Waals surface area (Å²) in [5.41, 5.74) is 10.9. The predicted octanol–water partition coefficient (Wildman–Crippen LogP) is 3.82. The Hall–Kier alpha value is -6.03. The third-order valence-electron chi connectivity index (χ3n) is 11.8. The number of hydrogen-bond acceptors (Lipinski definition) is 11. The highest BCUT2D eigenvalue weighted by atomic mass is 16.5. The smallest absolute Gasteiger partial charge is 0.329 e. The maximum atomic E-state index is 13.6. The molecule has 16 nitrogen and oxygen atoms in total. The number of para-hydroxylation sites is 1. The Bertz CT molecular complexity index is 2400. The summed E-state index contributed by atoms with van der Waals surface area (Å²) in [5, 5.41) is 9.82. The first-order chi connectivity index (χ1) is 28.2. The topological polar surface area (TPSA) is 186 Å². The summed E-state index contributed by atoms with van der Waals surface area (Å²) in [7, 11) is 3.31. The van der Waals surface area contributed by atoms with Crippen LogP contribution in [0.5, 0.6) is 5.75 Å². The molecule has 8 rings (SSSR count). The van der Waals surface area contributed by atoms with Gasteiger partial charge in [0, 0.05) is 89.0 Å². The van der Waals surface area contributed by atoms with Crippen molar-refractivity contribution in [1.82, 2.24) is 33.9 Å². The minimum atomic E-state index is -0.725. The molecule has 4 heterocycles. The van der Waals surface area contributed by atoms with Crippen molar-refractivity contribution >= 4 is 58.2 Å². The molecule has 3 aliphatic rings. The minimum Gasteiger partial charge on any atom is -0.490 e. The Labute approximate surface area is 336 Å². The highest BCUT2D eigenvalue weighted by molar-refractivity contribution is 6.07. The molecular formula is C42H51N11O5. The molecule has 3 fully saturated rings. The van der Waals surface area contributed by atoms with Gasteiger partial charge in [0.15, 0.2) is 11.5 Å². The number of imidazole rings is 2. The summed E-state index contributed by atoms with van der Waals surface area (Å²) in [6, 6.07) is 12.4. The molecule has 2 saturated carbocycles. The van der Waals surface area contributed by atoms with Crippen molar-refractivity contribution in [3.05, 3.63) is 76.5 Å². The van der Waals surface area contributed by atoms with E-state index in [1.165, 1.54) is 4.57 Å². The number of aromatic nitrogens is 5. The maximum absolute atomic E-state index is 13.6. The van der Waals surface area contributed by atoms with Crippen LogP contribution in [0.1, 0.15) is 73.3 Å². The van der Waals surface area contributed by atoms with Crippen LogP contribution >= 0.6 is 0 Å². The van der Waals surface area contributed by atoms with Gasteiger partial charge in [-0.15, -0.1) is 0 Å². The molecule has 1 atom stereocenters. The zero-order valence-corrected chi connectivity index (χ0v) is 33.0. The van der Waals surface area contributed by atoms with Gasteiger partial charge in [0.2, 0.25) is 5.91 Å². The number of amides is 2. The van der Waals surface area contributed by atoms with Gasteiger partial charge in [-0.25, -0.2) is 9.78 Å². The number of rotatable bonds is 14. The number of anilines is 3. The van der Waals surface area contributed by atoms with Crippen molar-refractivity contribution in [1.29, 1.82) is 0 Å². The lowest BCUT2D eigenvalue weighted by Crippen LogP contribution is -2.48. The van der Waals surface area contributed by atoms with Gasteiger partial charge >= 0.3 is 5.69 Å². The van der Waals surface area contributed by atoms with Gasteiger partial charge in [-0.3, -0.25) is 28.6 Å². The number of nitrogen functional groups attached to an aromatic ring is 1. The summed E-state index contributed by atoms with van der Waals surface area (Å²) in [4.78, 5) is 65.2. The number of fused-ring (bicyclic) bond motifs is 2. The fourth-order valence-electron chi connectivity index (χ4n) is 8.32. The molecule has 0 bridgehead atoms. The largest absolute Gasteiger partial charge is 0.490 e. The average molecular weight is 790 g/mol. The summed E-state index contributed by atoms with van der Waals surface area (Å²) in [6.45, 7) is 4.51. The molecule has 1 aliphatic heterocycles. The van der Waals surface area contributed by atoms with Crippen LogP contribution in [0.3, 0.4) is 0 Å². The van der Waals surface area contributed by atoms with Crippen molar-refractivity contribution in [2.45, 2.75) is 69.6 Å². The first-order valence-corrected chi connectivity index (χ1v) is 20.3. The Morgan fingerprint density at radius 2 is 1.84 bits per heavy atom. The van der Waals surface area contributed by atoms with Crippen LogP contribution in [0.25, 0.3) is 16.7 Å². The Balaban J connectivity index is 0.866. The van der Waals surface area contributed by atoms with E-state index < -0.39 is 6.04 Å². The first-order valence-electron chi connectivity index (χ1n) is 20.3. The summed E-state index contributed by atoms with van der Waals surface area (Å²) < 4.78 is 10.8. The zero-order valence-electron chi connectivity index (χ0n) is 33.0. The van der Waals surface area contributed by atoms with E-state index in [0.717, 1.165) is 88.7 Å². The number of nitrogens with one attached hydrogen (secondary N) is 2. The number of carbonyl (C=O) groups is 3. The summed E-state index contributed by atoms with van der Waals surface area (Å²) in [5.74, 6) is 1.00. The number of aldehydes is 1. The Kier molecular flexibility index (Phi) is 11.3. The number of carbonyl (C=O) groups excluding carboxylic acids is 3. The second kappa shape index (κ2) is 16.8. The quantitative estimate of drug-likeness (QED) is 0.0849. The maximum Gasteiger partial charge on any atom is 0.329 e. The van der Waals surface area contributed by atoms with E-state index in [1.54, 1.807) is 53.8 Å². The van der Waals surface area contributed by atoms with Crippen LogP contribution in [-0.4, -0.2) is 105 Å². The minimum absolute atomic E-state index is 0.0871. The molecule has 2 aliphatic carbocycles. The molecule has 304 valence electrons. The van der Waals surface area contributed by atoms with Crippen LogP contribution in [0.2, 0.25) is 0 Å². The number of ether oxygens (including phenoxy) is 1. The molecular weight excluding hydrogens is 739 g/mol.